The zero-order chi connectivity index (χ0) is 52.0. The molecule has 0 aliphatic carbocycles. The van der Waals surface area contributed by atoms with Crippen LogP contribution in [-0.4, -0.2) is 204 Å². The monoisotopic (exact) mass is 1000 g/mol. The van der Waals surface area contributed by atoms with Crippen molar-refractivity contribution >= 4 is 76.9 Å². The van der Waals surface area contributed by atoms with Gasteiger partial charge in [-0.1, -0.05) is 0 Å². The van der Waals surface area contributed by atoms with E-state index in [0.29, 0.717) is 12.2 Å². The lowest BCUT2D eigenvalue weighted by Crippen LogP contribution is -2.62. The quantitative estimate of drug-likeness (QED) is 0.0193. The Morgan fingerprint density at radius 1 is 0.812 bits per heavy atom. The summed E-state index contributed by atoms with van der Waals surface area (Å²) in [4.78, 5) is 142. The summed E-state index contributed by atoms with van der Waals surface area (Å²) in [5.74, 6) is -10.9. The topological polar surface area (TPSA) is 478 Å². The maximum absolute atomic E-state index is 13.9. The van der Waals surface area contributed by atoms with Gasteiger partial charge in [-0.25, -0.2) is 9.78 Å². The summed E-state index contributed by atoms with van der Waals surface area (Å²) in [7, 11) is 0. The van der Waals surface area contributed by atoms with Gasteiger partial charge in [-0.2, -0.15) is 11.8 Å². The lowest BCUT2D eigenvalue weighted by atomic mass is 10.1. The first-order valence-electron chi connectivity index (χ1n) is 21.6. The molecule has 2 rings (SSSR count). The molecule has 0 radical (unpaired) electrons. The Morgan fingerprint density at radius 3 is 1.99 bits per heavy atom. The summed E-state index contributed by atoms with van der Waals surface area (Å²) in [5.41, 5.74) is 16.5. The predicted molar refractivity (Wildman–Crippen MR) is 243 cm³/mol. The third-order valence-electron chi connectivity index (χ3n) is 10.4. The van der Waals surface area contributed by atoms with E-state index in [2.05, 4.69) is 52.2 Å². The standard InChI is InChI=1S/C39H64N14O15S/c1-18(46-31(60)21(40)15-54)30(59)49-25(13-28(57)58)34(63)50-24(12-20-14-43-17-45-20)33(62)51-26(16-55)35(64)47-22(6-4-9-44-39(41)42)32(61)52-29(19(2)56)37(66)53-10-5-7-27(53)36(65)48-23(38(67)68)8-11-69-3/h14,17-19,21-27,29,54-56H,4-13,15-16,40H2,1-3H3,(H,43,45)(H,46,60)(H,47,64)(H,48,65)(H,49,59)(H,50,63)(H,51,62)(H,52,61)(H,57,58)(H,67,68)(H4,41,42,44)/t18-,19+,21-,22-,23-,24-,25-,26-,27-,29-/m0/s1. The Morgan fingerprint density at radius 2 is 1.42 bits per heavy atom. The number of carbonyl (C=O) groups is 10. The number of aliphatic carboxylic acids is 2. The van der Waals surface area contributed by atoms with Crippen LogP contribution in [0.1, 0.15) is 58.1 Å². The maximum Gasteiger partial charge on any atom is 0.326 e. The number of hydrogen-bond acceptors (Lipinski definition) is 17. The van der Waals surface area contributed by atoms with Crippen LogP contribution in [0.15, 0.2) is 17.5 Å². The van der Waals surface area contributed by atoms with Crippen molar-refractivity contribution in [3.8, 4) is 0 Å². The van der Waals surface area contributed by atoms with E-state index in [1.165, 1.54) is 38.1 Å². The van der Waals surface area contributed by atoms with Crippen molar-refractivity contribution < 1.29 is 73.5 Å². The highest BCUT2D eigenvalue weighted by molar-refractivity contribution is 7.98. The molecule has 1 saturated heterocycles. The minimum atomic E-state index is -1.85. The number of aliphatic imine (C=N–C) groups is 1. The molecular weight excluding hydrogens is 937 g/mol. The average Bonchev–Trinajstić information content (AvgIpc) is 4.01. The first kappa shape index (κ1) is 58.5. The van der Waals surface area contributed by atoms with Gasteiger partial charge in [0, 0.05) is 31.4 Å². The van der Waals surface area contributed by atoms with Crippen LogP contribution < -0.4 is 54.4 Å². The molecule has 0 unspecified atom stereocenters. The molecule has 2 heterocycles. The zero-order valence-corrected chi connectivity index (χ0v) is 39.0. The number of guanidine groups is 1. The summed E-state index contributed by atoms with van der Waals surface area (Å²) in [6, 6.07) is -13.8. The largest absolute Gasteiger partial charge is 0.481 e. The van der Waals surface area contributed by atoms with E-state index < -0.39 is 139 Å². The van der Waals surface area contributed by atoms with Gasteiger partial charge in [-0.3, -0.25) is 48.1 Å². The second-order valence-electron chi connectivity index (χ2n) is 15.9. The van der Waals surface area contributed by atoms with Crippen LogP contribution in [-0.2, 0) is 54.4 Å². The van der Waals surface area contributed by atoms with Crippen molar-refractivity contribution in [3.05, 3.63) is 18.2 Å². The molecule has 8 amide bonds. The highest BCUT2D eigenvalue weighted by Gasteiger charge is 2.41. The second kappa shape index (κ2) is 29.3. The number of aliphatic hydroxyl groups is 3. The van der Waals surface area contributed by atoms with Gasteiger partial charge in [-0.15, -0.1) is 0 Å². The van der Waals surface area contributed by atoms with Crippen molar-refractivity contribution in [1.82, 2.24) is 52.1 Å². The molecule has 1 aromatic rings. The van der Waals surface area contributed by atoms with Crippen LogP contribution >= 0.6 is 11.8 Å². The number of nitrogens with two attached hydrogens (primary N) is 3. The average molecular weight is 1000 g/mol. The Kier molecular flexibility index (Phi) is 24.8. The first-order valence-corrected chi connectivity index (χ1v) is 23.0. The van der Waals surface area contributed by atoms with E-state index in [1.807, 2.05) is 0 Å². The molecule has 1 fully saturated rings. The van der Waals surface area contributed by atoms with Gasteiger partial charge in [0.25, 0.3) is 0 Å². The molecule has 10 atom stereocenters. The van der Waals surface area contributed by atoms with Gasteiger partial charge >= 0.3 is 11.9 Å². The molecule has 0 aromatic carbocycles. The van der Waals surface area contributed by atoms with Crippen molar-refractivity contribution in [2.24, 2.45) is 22.2 Å². The molecule has 0 bridgehead atoms. The summed E-state index contributed by atoms with van der Waals surface area (Å²) < 4.78 is 0. The van der Waals surface area contributed by atoms with Crippen LogP contribution in [0.3, 0.4) is 0 Å². The Labute approximate surface area is 399 Å². The van der Waals surface area contributed by atoms with Crippen LogP contribution in [0.2, 0.25) is 0 Å². The van der Waals surface area contributed by atoms with E-state index in [0.717, 1.165) is 4.90 Å². The maximum atomic E-state index is 13.9. The van der Waals surface area contributed by atoms with E-state index in [1.54, 1.807) is 6.26 Å². The predicted octanol–water partition coefficient (Wildman–Crippen LogP) is -7.58. The van der Waals surface area contributed by atoms with Gasteiger partial charge in [0.2, 0.25) is 47.3 Å². The normalized spacial score (nSPS) is 17.1. The summed E-state index contributed by atoms with van der Waals surface area (Å²) in [6.45, 7) is 0.490. The second-order valence-corrected chi connectivity index (χ2v) is 16.9. The molecular formula is C39H64N14O15S. The van der Waals surface area contributed by atoms with Crippen molar-refractivity contribution in [2.45, 2.75) is 119 Å². The molecule has 19 N–H and O–H groups in total. The van der Waals surface area contributed by atoms with E-state index in [4.69, 9.17) is 22.3 Å². The Bertz CT molecular complexity index is 1970. The minimum absolute atomic E-state index is 0.0202. The summed E-state index contributed by atoms with van der Waals surface area (Å²) in [6.07, 6.45) is 1.71. The molecule has 29 nitrogen and oxygen atoms in total. The van der Waals surface area contributed by atoms with Crippen LogP contribution in [0.5, 0.6) is 0 Å². The first-order chi connectivity index (χ1) is 32.5. The van der Waals surface area contributed by atoms with Crippen molar-refractivity contribution in [3.63, 3.8) is 0 Å². The molecule has 0 spiro atoms. The highest BCUT2D eigenvalue weighted by Crippen LogP contribution is 2.20. The smallest absolute Gasteiger partial charge is 0.326 e. The lowest BCUT2D eigenvalue weighted by molar-refractivity contribution is -0.146. The number of thioether (sulfide) groups is 1. The number of rotatable bonds is 30. The fourth-order valence-electron chi connectivity index (χ4n) is 6.64. The Balaban J connectivity index is 2.34. The van der Waals surface area contributed by atoms with Crippen LogP contribution in [0.4, 0.5) is 0 Å². The third-order valence-corrected chi connectivity index (χ3v) is 11.1. The SMILES string of the molecule is CSCC[C@H](NC(=O)[C@@H]1CCCN1C(=O)[C@@H](NC(=O)[C@H](CCCN=C(N)N)NC(=O)[C@H](CO)NC(=O)[C@H](Cc1cnc[nH]1)NC(=O)[C@H](CC(=O)O)NC(=O)[C@H](C)NC(=O)[C@@H](N)CO)[C@@H](C)O)C(=O)O. The van der Waals surface area contributed by atoms with Crippen molar-refractivity contribution in [2.75, 3.05) is 38.3 Å². The molecule has 1 aromatic heterocycles. The molecule has 1 aliphatic rings. The number of imidazole rings is 1. The summed E-state index contributed by atoms with van der Waals surface area (Å²) in [5, 5.41) is 65.5. The number of H-pyrrole nitrogens is 1. The number of likely N-dealkylation sites (tertiary alicyclic amines) is 1. The molecule has 30 heteroatoms. The molecule has 69 heavy (non-hydrogen) atoms. The Hall–Kier alpha value is -6.63. The zero-order valence-electron chi connectivity index (χ0n) is 38.2. The van der Waals surface area contributed by atoms with E-state index in [9.17, 15) is 68.4 Å². The van der Waals surface area contributed by atoms with E-state index >= 15 is 0 Å². The number of carbonyl (C=O) groups excluding carboxylic acids is 8. The van der Waals surface area contributed by atoms with Gasteiger partial charge in [0.1, 0.15) is 54.4 Å². The number of carboxylic acid groups (broad SMARTS) is 2. The van der Waals surface area contributed by atoms with Gasteiger partial charge < -0.3 is 89.8 Å². The number of aliphatic hydroxyl groups excluding tert-OH is 3. The van der Waals surface area contributed by atoms with Gasteiger partial charge in [-0.05, 0) is 58.0 Å². The van der Waals surface area contributed by atoms with Gasteiger partial charge in [0.05, 0.1) is 32.1 Å². The fourth-order valence-corrected chi connectivity index (χ4v) is 7.12. The molecule has 1 aliphatic heterocycles. The number of amides is 8. The number of hydrogen-bond donors (Lipinski definition) is 16. The number of aromatic amines is 1. The molecule has 0 saturated carbocycles. The number of aromatic nitrogens is 2. The number of nitrogens with one attached hydrogen (secondary N) is 8. The van der Waals surface area contributed by atoms with Crippen LogP contribution in [0.25, 0.3) is 0 Å². The summed E-state index contributed by atoms with van der Waals surface area (Å²) >= 11 is 1.37. The minimum Gasteiger partial charge on any atom is -0.481 e. The number of carboxylic acids is 2. The third kappa shape index (κ3) is 19.5. The van der Waals surface area contributed by atoms with Crippen molar-refractivity contribution in [1.29, 1.82) is 0 Å². The fraction of sp³-hybridized carbons (Fsp3) is 0.641. The highest BCUT2D eigenvalue weighted by atomic mass is 32.2. The van der Waals surface area contributed by atoms with E-state index in [-0.39, 0.29) is 56.8 Å². The van der Waals surface area contributed by atoms with Gasteiger partial charge in [0.15, 0.2) is 5.96 Å². The van der Waals surface area contributed by atoms with Crippen LogP contribution in [0, 0.1) is 0 Å². The number of nitrogens with zero attached hydrogens (tertiary/aromatic N) is 3. The molecule has 386 valence electrons. The lowest BCUT2D eigenvalue weighted by Gasteiger charge is -2.31.